The Bertz CT molecular complexity index is 934. The molecule has 0 radical (unpaired) electrons. The van der Waals surface area contributed by atoms with Gasteiger partial charge in [0.05, 0.1) is 36.1 Å². The highest BCUT2D eigenvalue weighted by Gasteiger charge is 2.16. The van der Waals surface area contributed by atoms with E-state index in [9.17, 15) is 8.42 Å². The third kappa shape index (κ3) is 3.48. The zero-order valence-electron chi connectivity index (χ0n) is 13.1. The number of nitrogens with zero attached hydrogens (tertiary/aromatic N) is 3. The molecule has 126 valence electrons. The molecule has 0 aliphatic heterocycles. The number of aromatic nitrogens is 3. The van der Waals surface area contributed by atoms with Gasteiger partial charge in [0.15, 0.2) is 0 Å². The topological polar surface area (TPSA) is 86.1 Å². The summed E-state index contributed by atoms with van der Waals surface area (Å²) in [6.07, 6.45) is 1.70. The van der Waals surface area contributed by atoms with Crippen LogP contribution in [0.4, 0.5) is 0 Å². The Kier molecular flexibility index (Phi) is 4.65. The predicted octanol–water partition coefficient (Wildman–Crippen LogP) is 2.12. The molecule has 0 aliphatic carbocycles. The molecule has 0 saturated carbocycles. The van der Waals surface area contributed by atoms with Crippen LogP contribution in [0.15, 0.2) is 46.1 Å². The molecule has 1 N–H and O–H groups in total. The summed E-state index contributed by atoms with van der Waals surface area (Å²) in [5, 5.41) is 11.8. The summed E-state index contributed by atoms with van der Waals surface area (Å²) < 4.78 is 34.1. The van der Waals surface area contributed by atoms with Gasteiger partial charge in [-0.05, 0) is 42.1 Å². The van der Waals surface area contributed by atoms with Gasteiger partial charge in [-0.25, -0.2) is 17.8 Å². The zero-order chi connectivity index (χ0) is 17.2. The maximum Gasteiger partial charge on any atom is 0.240 e. The summed E-state index contributed by atoms with van der Waals surface area (Å²) >= 11 is 1.55. The van der Waals surface area contributed by atoms with E-state index < -0.39 is 10.0 Å². The first kappa shape index (κ1) is 16.6. The summed E-state index contributed by atoms with van der Waals surface area (Å²) in [6, 6.07) is 6.63. The molecule has 0 amide bonds. The average molecular weight is 364 g/mol. The van der Waals surface area contributed by atoms with E-state index in [2.05, 4.69) is 15.0 Å². The molecule has 3 rings (SSSR count). The van der Waals surface area contributed by atoms with Crippen molar-refractivity contribution in [2.45, 2.75) is 18.4 Å². The summed E-state index contributed by atoms with van der Waals surface area (Å²) in [4.78, 5) is 0.186. The summed E-state index contributed by atoms with van der Waals surface area (Å²) in [5.74, 6) is 0.646. The lowest BCUT2D eigenvalue weighted by Crippen LogP contribution is -2.23. The molecule has 1 aromatic carbocycles. The van der Waals surface area contributed by atoms with Crippen LogP contribution in [0.1, 0.15) is 11.3 Å². The van der Waals surface area contributed by atoms with Crippen molar-refractivity contribution < 1.29 is 13.2 Å². The molecule has 9 heteroatoms. The molecule has 0 fully saturated rings. The molecule has 0 saturated heterocycles. The quantitative estimate of drug-likeness (QED) is 0.724. The Balaban J connectivity index is 1.72. The maximum absolute atomic E-state index is 12.4. The van der Waals surface area contributed by atoms with E-state index in [0.717, 1.165) is 11.3 Å². The minimum atomic E-state index is -3.63. The second-order valence-electron chi connectivity index (χ2n) is 5.09. The van der Waals surface area contributed by atoms with E-state index >= 15 is 0 Å². The van der Waals surface area contributed by atoms with E-state index in [1.54, 1.807) is 48.4 Å². The molecule has 0 spiro atoms. The zero-order valence-corrected chi connectivity index (χ0v) is 14.8. The smallest absolute Gasteiger partial charge is 0.240 e. The fraction of sp³-hybridized carbons (Fsp3) is 0.200. The first-order chi connectivity index (χ1) is 11.5. The van der Waals surface area contributed by atoms with E-state index in [-0.39, 0.29) is 11.4 Å². The van der Waals surface area contributed by atoms with Crippen LogP contribution in [0, 0.1) is 6.92 Å². The van der Waals surface area contributed by atoms with Gasteiger partial charge in [-0.3, -0.25) is 0 Å². The van der Waals surface area contributed by atoms with Crippen LogP contribution < -0.4 is 9.46 Å². The van der Waals surface area contributed by atoms with Crippen molar-refractivity contribution in [2.75, 3.05) is 7.11 Å². The summed E-state index contributed by atoms with van der Waals surface area (Å²) in [7, 11) is -2.08. The van der Waals surface area contributed by atoms with E-state index in [4.69, 9.17) is 4.74 Å². The number of hydrogen-bond acceptors (Lipinski definition) is 6. The van der Waals surface area contributed by atoms with Crippen LogP contribution in [-0.2, 0) is 16.6 Å². The number of aryl methyl sites for hydroxylation is 1. The van der Waals surface area contributed by atoms with Gasteiger partial charge < -0.3 is 4.74 Å². The van der Waals surface area contributed by atoms with Gasteiger partial charge in [-0.15, -0.1) is 5.10 Å². The molecule has 0 unspecified atom stereocenters. The van der Waals surface area contributed by atoms with Crippen molar-refractivity contribution in [3.05, 3.63) is 52.5 Å². The average Bonchev–Trinajstić information content (AvgIpc) is 3.24. The van der Waals surface area contributed by atoms with Crippen molar-refractivity contribution in [1.82, 2.24) is 19.7 Å². The SMILES string of the molecule is COc1ccc(S(=O)(=O)NCc2cn(-c3ccsc3)nn2)cc1C. The second kappa shape index (κ2) is 6.71. The Morgan fingerprint density at radius 2 is 2.17 bits per heavy atom. The van der Waals surface area contributed by atoms with Crippen LogP contribution in [0.25, 0.3) is 5.69 Å². The van der Waals surface area contributed by atoms with Crippen LogP contribution in [-0.4, -0.2) is 30.5 Å². The van der Waals surface area contributed by atoms with Gasteiger partial charge >= 0.3 is 0 Å². The molecular weight excluding hydrogens is 348 g/mol. The Morgan fingerprint density at radius 3 is 2.83 bits per heavy atom. The lowest BCUT2D eigenvalue weighted by atomic mass is 10.2. The largest absolute Gasteiger partial charge is 0.496 e. The van der Waals surface area contributed by atoms with E-state index in [0.29, 0.717) is 11.4 Å². The van der Waals surface area contributed by atoms with Crippen LogP contribution in [0.3, 0.4) is 0 Å². The lowest BCUT2D eigenvalue weighted by molar-refractivity contribution is 0.411. The highest BCUT2D eigenvalue weighted by atomic mass is 32.2. The van der Waals surface area contributed by atoms with Gasteiger partial charge in [0, 0.05) is 5.38 Å². The highest BCUT2D eigenvalue weighted by molar-refractivity contribution is 7.89. The van der Waals surface area contributed by atoms with E-state index in [1.807, 2.05) is 16.8 Å². The first-order valence-corrected chi connectivity index (χ1v) is 9.50. The number of sulfonamides is 1. The number of nitrogens with one attached hydrogen (secondary N) is 1. The second-order valence-corrected chi connectivity index (χ2v) is 7.64. The number of methoxy groups -OCH3 is 1. The van der Waals surface area contributed by atoms with Gasteiger partial charge in [-0.1, -0.05) is 5.21 Å². The van der Waals surface area contributed by atoms with Crippen molar-refractivity contribution in [1.29, 1.82) is 0 Å². The third-order valence-electron chi connectivity index (χ3n) is 3.43. The van der Waals surface area contributed by atoms with Crippen molar-refractivity contribution in [2.24, 2.45) is 0 Å². The van der Waals surface area contributed by atoms with Crippen LogP contribution >= 0.6 is 11.3 Å². The molecule has 2 aromatic heterocycles. The summed E-state index contributed by atoms with van der Waals surface area (Å²) in [6.45, 7) is 1.86. The number of ether oxygens (including phenoxy) is 1. The maximum atomic E-state index is 12.4. The highest BCUT2D eigenvalue weighted by Crippen LogP contribution is 2.21. The van der Waals surface area contributed by atoms with Crippen molar-refractivity contribution in [3.8, 4) is 11.4 Å². The fourth-order valence-electron chi connectivity index (χ4n) is 2.16. The molecule has 7 nitrogen and oxygen atoms in total. The Hall–Kier alpha value is -2.23. The van der Waals surface area contributed by atoms with E-state index in [1.165, 1.54) is 6.07 Å². The fourth-order valence-corrected chi connectivity index (χ4v) is 3.87. The minimum absolute atomic E-state index is 0.0670. The predicted molar refractivity (Wildman–Crippen MR) is 91.0 cm³/mol. The van der Waals surface area contributed by atoms with Crippen molar-refractivity contribution in [3.63, 3.8) is 0 Å². The number of benzene rings is 1. The van der Waals surface area contributed by atoms with Crippen LogP contribution in [0.5, 0.6) is 5.75 Å². The number of thiophene rings is 1. The third-order valence-corrected chi connectivity index (χ3v) is 5.50. The van der Waals surface area contributed by atoms with Gasteiger partial charge in [-0.2, -0.15) is 11.3 Å². The summed E-state index contributed by atoms with van der Waals surface area (Å²) in [5.41, 5.74) is 2.19. The van der Waals surface area contributed by atoms with Crippen LogP contribution in [0.2, 0.25) is 0 Å². The molecule has 24 heavy (non-hydrogen) atoms. The Labute approximate surface area is 144 Å². The van der Waals surface area contributed by atoms with Gasteiger partial charge in [0.2, 0.25) is 10.0 Å². The standard InChI is InChI=1S/C15H16N4O3S2/c1-11-7-14(3-4-15(11)22-2)24(20,21)16-8-12-9-19(18-17-12)13-5-6-23-10-13/h3-7,9-10,16H,8H2,1-2H3. The molecule has 2 heterocycles. The monoisotopic (exact) mass is 364 g/mol. The molecule has 0 atom stereocenters. The first-order valence-electron chi connectivity index (χ1n) is 7.08. The number of rotatable bonds is 6. The Morgan fingerprint density at radius 1 is 1.33 bits per heavy atom. The molecule has 3 aromatic rings. The number of hydrogen-bond donors (Lipinski definition) is 1. The molecular formula is C15H16N4O3S2. The lowest BCUT2D eigenvalue weighted by Gasteiger charge is -2.08. The van der Waals surface area contributed by atoms with Gasteiger partial charge in [0.1, 0.15) is 5.75 Å². The normalized spacial score (nSPS) is 11.6. The van der Waals surface area contributed by atoms with Gasteiger partial charge in [0.25, 0.3) is 0 Å². The molecule has 0 aliphatic rings. The minimum Gasteiger partial charge on any atom is -0.496 e. The molecule has 0 bridgehead atoms. The van der Waals surface area contributed by atoms with Crippen molar-refractivity contribution >= 4 is 21.4 Å².